The molecule has 0 fully saturated rings. The van der Waals surface area contributed by atoms with Gasteiger partial charge in [0.05, 0.1) is 5.56 Å². The van der Waals surface area contributed by atoms with Crippen molar-refractivity contribution in [1.82, 2.24) is 4.90 Å². The number of anilines is 1. The number of benzene rings is 2. The topological polar surface area (TPSA) is 46.3 Å². The number of hydrogen-bond acceptors (Lipinski definition) is 2. The van der Waals surface area contributed by atoms with Crippen molar-refractivity contribution in [1.29, 1.82) is 0 Å². The van der Waals surface area contributed by atoms with Crippen LogP contribution in [0.25, 0.3) is 0 Å². The van der Waals surface area contributed by atoms with Gasteiger partial charge in [-0.05, 0) is 30.5 Å². The van der Waals surface area contributed by atoms with Gasteiger partial charge in [0.15, 0.2) is 0 Å². The molecule has 3 heteroatoms. The molecule has 0 saturated heterocycles. The molecule has 0 bridgehead atoms. The highest BCUT2D eigenvalue weighted by atomic mass is 16.2. The van der Waals surface area contributed by atoms with Crippen LogP contribution in [0.5, 0.6) is 0 Å². The highest BCUT2D eigenvalue weighted by Gasteiger charge is 2.13. The summed E-state index contributed by atoms with van der Waals surface area (Å²) in [6, 6.07) is 17.5. The van der Waals surface area contributed by atoms with E-state index in [9.17, 15) is 4.79 Å². The van der Waals surface area contributed by atoms with E-state index >= 15 is 0 Å². The summed E-state index contributed by atoms with van der Waals surface area (Å²) in [5, 5.41) is 0. The smallest absolute Gasteiger partial charge is 0.255 e. The molecule has 0 aromatic heterocycles. The van der Waals surface area contributed by atoms with Crippen LogP contribution in [0.3, 0.4) is 0 Å². The van der Waals surface area contributed by atoms with Crippen LogP contribution in [-0.4, -0.2) is 24.4 Å². The fourth-order valence-corrected chi connectivity index (χ4v) is 2.16. The van der Waals surface area contributed by atoms with Gasteiger partial charge in [0.2, 0.25) is 0 Å². The molecule has 0 spiro atoms. The monoisotopic (exact) mass is 268 g/mol. The van der Waals surface area contributed by atoms with Gasteiger partial charge in [0.1, 0.15) is 0 Å². The van der Waals surface area contributed by atoms with Crippen LogP contribution >= 0.6 is 0 Å². The van der Waals surface area contributed by atoms with Gasteiger partial charge in [-0.15, -0.1) is 0 Å². The van der Waals surface area contributed by atoms with Crippen molar-refractivity contribution in [2.45, 2.75) is 12.8 Å². The molecule has 2 rings (SSSR count). The molecule has 104 valence electrons. The van der Waals surface area contributed by atoms with Crippen LogP contribution in [-0.2, 0) is 6.42 Å². The number of para-hydroxylation sites is 1. The fraction of sp³-hybridized carbons (Fsp3) is 0.235. The third-order valence-corrected chi connectivity index (χ3v) is 3.34. The summed E-state index contributed by atoms with van der Waals surface area (Å²) in [5.41, 5.74) is 8.24. The summed E-state index contributed by atoms with van der Waals surface area (Å²) in [6.45, 7) is 0.724. The second-order valence-electron chi connectivity index (χ2n) is 4.90. The number of nitrogen functional groups attached to an aromatic ring is 1. The maximum atomic E-state index is 12.3. The minimum atomic E-state index is -0.0174. The number of carbonyl (C=O) groups excluding carboxylic acids is 1. The lowest BCUT2D eigenvalue weighted by atomic mass is 10.1. The van der Waals surface area contributed by atoms with E-state index in [1.54, 1.807) is 17.0 Å². The molecule has 0 unspecified atom stereocenters. The van der Waals surface area contributed by atoms with Crippen LogP contribution in [0.1, 0.15) is 22.3 Å². The van der Waals surface area contributed by atoms with E-state index in [0.717, 1.165) is 19.4 Å². The first-order chi connectivity index (χ1) is 9.68. The maximum Gasteiger partial charge on any atom is 0.255 e. The molecular formula is C17H20N2O. The molecule has 2 aromatic carbocycles. The SMILES string of the molecule is CN(CCCc1ccccc1)C(=O)c1ccccc1N. The van der Waals surface area contributed by atoms with Gasteiger partial charge in [-0.3, -0.25) is 4.79 Å². The summed E-state index contributed by atoms with van der Waals surface area (Å²) in [5.74, 6) is -0.0174. The van der Waals surface area contributed by atoms with E-state index < -0.39 is 0 Å². The normalized spacial score (nSPS) is 10.2. The van der Waals surface area contributed by atoms with Crippen LogP contribution in [0.2, 0.25) is 0 Å². The van der Waals surface area contributed by atoms with Crippen molar-refractivity contribution in [2.24, 2.45) is 0 Å². The second kappa shape index (κ2) is 6.75. The van der Waals surface area contributed by atoms with Crippen molar-refractivity contribution in [3.63, 3.8) is 0 Å². The minimum Gasteiger partial charge on any atom is -0.398 e. The Bertz CT molecular complexity index is 566. The van der Waals surface area contributed by atoms with Gasteiger partial charge >= 0.3 is 0 Å². The summed E-state index contributed by atoms with van der Waals surface area (Å²) in [7, 11) is 1.82. The van der Waals surface area contributed by atoms with Crippen LogP contribution in [0.4, 0.5) is 5.69 Å². The van der Waals surface area contributed by atoms with E-state index in [-0.39, 0.29) is 5.91 Å². The maximum absolute atomic E-state index is 12.3. The first-order valence-corrected chi connectivity index (χ1v) is 6.82. The van der Waals surface area contributed by atoms with Crippen LogP contribution in [0.15, 0.2) is 54.6 Å². The summed E-state index contributed by atoms with van der Waals surface area (Å²) in [4.78, 5) is 14.0. The van der Waals surface area contributed by atoms with Crippen LogP contribution in [0, 0.1) is 0 Å². The van der Waals surface area contributed by atoms with Gasteiger partial charge in [-0.25, -0.2) is 0 Å². The lowest BCUT2D eigenvalue weighted by molar-refractivity contribution is 0.0794. The Kier molecular flexibility index (Phi) is 4.77. The number of nitrogens with zero attached hydrogens (tertiary/aromatic N) is 1. The Morgan fingerprint density at radius 3 is 2.40 bits per heavy atom. The first-order valence-electron chi connectivity index (χ1n) is 6.82. The lowest BCUT2D eigenvalue weighted by Gasteiger charge is -2.18. The number of rotatable bonds is 5. The number of hydrogen-bond donors (Lipinski definition) is 1. The molecular weight excluding hydrogens is 248 g/mol. The molecule has 2 N–H and O–H groups in total. The van der Waals surface area contributed by atoms with Crippen molar-refractivity contribution >= 4 is 11.6 Å². The largest absolute Gasteiger partial charge is 0.398 e. The first kappa shape index (κ1) is 14.1. The number of aryl methyl sites for hydroxylation is 1. The van der Waals surface area contributed by atoms with Crippen molar-refractivity contribution in [3.8, 4) is 0 Å². The van der Waals surface area contributed by atoms with E-state index in [0.29, 0.717) is 11.3 Å². The van der Waals surface area contributed by atoms with E-state index in [1.165, 1.54) is 5.56 Å². The quantitative estimate of drug-likeness (QED) is 0.847. The number of carbonyl (C=O) groups is 1. The molecule has 0 saturated carbocycles. The molecule has 2 aromatic rings. The second-order valence-corrected chi connectivity index (χ2v) is 4.90. The third kappa shape index (κ3) is 3.60. The van der Waals surface area contributed by atoms with Gasteiger partial charge in [0, 0.05) is 19.3 Å². The zero-order valence-corrected chi connectivity index (χ0v) is 11.8. The van der Waals surface area contributed by atoms with E-state index in [4.69, 9.17) is 5.73 Å². The lowest BCUT2D eigenvalue weighted by Crippen LogP contribution is -2.28. The number of amides is 1. The Morgan fingerprint density at radius 1 is 1.05 bits per heavy atom. The third-order valence-electron chi connectivity index (χ3n) is 3.34. The molecule has 0 radical (unpaired) electrons. The minimum absolute atomic E-state index is 0.0174. The summed E-state index contributed by atoms with van der Waals surface area (Å²) >= 11 is 0. The van der Waals surface area contributed by atoms with Gasteiger partial charge in [-0.1, -0.05) is 42.5 Å². The zero-order chi connectivity index (χ0) is 14.4. The Hall–Kier alpha value is -2.29. The van der Waals surface area contributed by atoms with Gasteiger partial charge in [-0.2, -0.15) is 0 Å². The van der Waals surface area contributed by atoms with E-state index in [2.05, 4.69) is 12.1 Å². The average molecular weight is 268 g/mol. The summed E-state index contributed by atoms with van der Waals surface area (Å²) in [6.07, 6.45) is 1.92. The van der Waals surface area contributed by atoms with Crippen molar-refractivity contribution < 1.29 is 4.79 Å². The van der Waals surface area contributed by atoms with E-state index in [1.807, 2.05) is 37.4 Å². The standard InChI is InChI=1S/C17H20N2O/c1-19(13-7-10-14-8-3-2-4-9-14)17(20)15-11-5-6-12-16(15)18/h2-6,8-9,11-12H,7,10,13,18H2,1H3. The predicted molar refractivity (Wildman–Crippen MR) is 82.6 cm³/mol. The predicted octanol–water partition coefficient (Wildman–Crippen LogP) is 2.97. The molecule has 1 amide bonds. The molecule has 3 nitrogen and oxygen atoms in total. The highest BCUT2D eigenvalue weighted by Crippen LogP contribution is 2.13. The Morgan fingerprint density at radius 2 is 1.70 bits per heavy atom. The van der Waals surface area contributed by atoms with Gasteiger partial charge < -0.3 is 10.6 Å². The molecule has 0 atom stereocenters. The van der Waals surface area contributed by atoms with Crippen molar-refractivity contribution in [3.05, 3.63) is 65.7 Å². The van der Waals surface area contributed by atoms with Crippen LogP contribution < -0.4 is 5.73 Å². The fourth-order valence-electron chi connectivity index (χ4n) is 2.16. The highest BCUT2D eigenvalue weighted by molar-refractivity contribution is 5.98. The zero-order valence-electron chi connectivity index (χ0n) is 11.8. The van der Waals surface area contributed by atoms with Gasteiger partial charge in [0.25, 0.3) is 5.91 Å². The molecule has 0 aliphatic carbocycles. The molecule has 0 aliphatic rings. The molecule has 20 heavy (non-hydrogen) atoms. The van der Waals surface area contributed by atoms with Crippen molar-refractivity contribution in [2.75, 3.05) is 19.3 Å². The summed E-state index contributed by atoms with van der Waals surface area (Å²) < 4.78 is 0. The molecule has 0 heterocycles. The Balaban J connectivity index is 1.87. The number of nitrogens with two attached hydrogens (primary N) is 1. The average Bonchev–Trinajstić information content (AvgIpc) is 2.48. The Labute approximate surface area is 120 Å². The molecule has 0 aliphatic heterocycles.